The summed E-state index contributed by atoms with van der Waals surface area (Å²) in [6.07, 6.45) is 1.65. The molecule has 10 heteroatoms. The Morgan fingerprint density at radius 2 is 1.90 bits per heavy atom. The third-order valence-electron chi connectivity index (χ3n) is 4.78. The number of ether oxygens (including phenoxy) is 2. The summed E-state index contributed by atoms with van der Waals surface area (Å²) in [6, 6.07) is 6.52. The van der Waals surface area contributed by atoms with Crippen molar-refractivity contribution >= 4 is 29.2 Å². The second kappa shape index (κ2) is 11.7. The molecule has 1 aliphatic heterocycles. The lowest BCUT2D eigenvalue weighted by atomic mass is 9.96. The van der Waals surface area contributed by atoms with Crippen LogP contribution in [0.25, 0.3) is 0 Å². The third kappa shape index (κ3) is 7.02. The van der Waals surface area contributed by atoms with E-state index in [2.05, 4.69) is 5.32 Å². The SMILES string of the molecule is CCOC(=O)CCCNC(=O)COC(=O)C1CCN(c2ccccc2[N+](=O)[O-])CC1. The van der Waals surface area contributed by atoms with Gasteiger partial charge in [-0.25, -0.2) is 0 Å². The highest BCUT2D eigenvalue weighted by atomic mass is 16.6. The Morgan fingerprint density at radius 3 is 2.57 bits per heavy atom. The van der Waals surface area contributed by atoms with Gasteiger partial charge in [-0.2, -0.15) is 0 Å². The minimum absolute atomic E-state index is 0.0400. The molecular formula is C20H27N3O7. The Morgan fingerprint density at radius 1 is 1.20 bits per heavy atom. The van der Waals surface area contributed by atoms with Crippen molar-refractivity contribution in [3.63, 3.8) is 0 Å². The average Bonchev–Trinajstić information content (AvgIpc) is 2.75. The molecule has 0 aliphatic carbocycles. The number of carbonyl (C=O) groups is 3. The number of nitro benzene ring substituents is 1. The molecule has 1 aromatic rings. The maximum Gasteiger partial charge on any atom is 0.309 e. The van der Waals surface area contributed by atoms with Crippen molar-refractivity contribution in [1.29, 1.82) is 0 Å². The number of esters is 2. The van der Waals surface area contributed by atoms with E-state index in [4.69, 9.17) is 9.47 Å². The molecule has 0 atom stereocenters. The number of carbonyl (C=O) groups excluding carboxylic acids is 3. The smallest absolute Gasteiger partial charge is 0.309 e. The van der Waals surface area contributed by atoms with Crippen LogP contribution in [-0.2, 0) is 23.9 Å². The van der Waals surface area contributed by atoms with Crippen molar-refractivity contribution in [3.8, 4) is 0 Å². The van der Waals surface area contributed by atoms with Crippen molar-refractivity contribution in [3.05, 3.63) is 34.4 Å². The Labute approximate surface area is 174 Å². The molecule has 0 saturated carbocycles. The number of amides is 1. The number of para-hydroxylation sites is 2. The summed E-state index contributed by atoms with van der Waals surface area (Å²) >= 11 is 0. The molecule has 0 bridgehead atoms. The van der Waals surface area contributed by atoms with Crippen LogP contribution >= 0.6 is 0 Å². The maximum atomic E-state index is 12.2. The quantitative estimate of drug-likeness (QED) is 0.262. The number of piperidine rings is 1. The monoisotopic (exact) mass is 421 g/mol. The van der Waals surface area contributed by atoms with Crippen LogP contribution in [0, 0.1) is 16.0 Å². The molecule has 2 rings (SSSR count). The van der Waals surface area contributed by atoms with E-state index < -0.39 is 16.8 Å². The molecule has 164 valence electrons. The molecule has 0 aromatic heterocycles. The minimum Gasteiger partial charge on any atom is -0.466 e. The molecular weight excluding hydrogens is 394 g/mol. The number of anilines is 1. The van der Waals surface area contributed by atoms with Gasteiger partial charge in [0.2, 0.25) is 0 Å². The predicted molar refractivity (Wildman–Crippen MR) is 108 cm³/mol. The van der Waals surface area contributed by atoms with Crippen LogP contribution in [0.3, 0.4) is 0 Å². The van der Waals surface area contributed by atoms with Crippen molar-refractivity contribution < 1.29 is 28.8 Å². The molecule has 1 heterocycles. The molecule has 0 radical (unpaired) electrons. The number of nitrogens with one attached hydrogen (secondary N) is 1. The van der Waals surface area contributed by atoms with Crippen molar-refractivity contribution in [2.75, 3.05) is 37.7 Å². The third-order valence-corrected chi connectivity index (χ3v) is 4.78. The van der Waals surface area contributed by atoms with Gasteiger partial charge in [-0.05, 0) is 32.3 Å². The molecule has 0 spiro atoms. The van der Waals surface area contributed by atoms with Gasteiger partial charge < -0.3 is 19.7 Å². The van der Waals surface area contributed by atoms with Crippen LogP contribution in [0.5, 0.6) is 0 Å². The summed E-state index contributed by atoms with van der Waals surface area (Å²) in [5, 5.41) is 13.8. The Balaban J connectivity index is 1.69. The highest BCUT2D eigenvalue weighted by Gasteiger charge is 2.29. The van der Waals surface area contributed by atoms with Gasteiger partial charge in [0.1, 0.15) is 5.69 Å². The van der Waals surface area contributed by atoms with E-state index in [1.165, 1.54) is 6.07 Å². The van der Waals surface area contributed by atoms with Gasteiger partial charge in [0.15, 0.2) is 6.61 Å². The normalized spacial score (nSPS) is 14.1. The van der Waals surface area contributed by atoms with E-state index in [1.807, 2.05) is 4.90 Å². The summed E-state index contributed by atoms with van der Waals surface area (Å²) in [6.45, 7) is 2.95. The Bertz CT molecular complexity index is 761. The number of hydrogen-bond acceptors (Lipinski definition) is 8. The van der Waals surface area contributed by atoms with Crippen LogP contribution in [0.2, 0.25) is 0 Å². The Hall–Kier alpha value is -3.17. The van der Waals surface area contributed by atoms with E-state index in [-0.39, 0.29) is 30.6 Å². The summed E-state index contributed by atoms with van der Waals surface area (Å²) in [5.74, 6) is -1.53. The number of benzene rings is 1. The molecule has 10 nitrogen and oxygen atoms in total. The van der Waals surface area contributed by atoms with Gasteiger partial charge in [0.25, 0.3) is 11.6 Å². The van der Waals surface area contributed by atoms with Gasteiger partial charge in [-0.15, -0.1) is 0 Å². The lowest BCUT2D eigenvalue weighted by Gasteiger charge is -2.32. The van der Waals surface area contributed by atoms with E-state index in [0.717, 1.165) is 0 Å². The molecule has 30 heavy (non-hydrogen) atoms. The number of rotatable bonds is 10. The van der Waals surface area contributed by atoms with Crippen LogP contribution in [0.15, 0.2) is 24.3 Å². The van der Waals surface area contributed by atoms with Crippen molar-refractivity contribution in [2.24, 2.45) is 5.92 Å². The van der Waals surface area contributed by atoms with E-state index in [0.29, 0.717) is 51.2 Å². The molecule has 1 fully saturated rings. The maximum absolute atomic E-state index is 12.2. The van der Waals surface area contributed by atoms with Crippen LogP contribution in [0.4, 0.5) is 11.4 Å². The predicted octanol–water partition coefficient (Wildman–Crippen LogP) is 1.81. The number of nitrogens with zero attached hydrogens (tertiary/aromatic N) is 2. The van der Waals surface area contributed by atoms with Crippen LogP contribution < -0.4 is 10.2 Å². The number of hydrogen-bond donors (Lipinski definition) is 1. The lowest BCUT2D eigenvalue weighted by Crippen LogP contribution is -2.38. The number of nitro groups is 1. The molecule has 1 aliphatic rings. The zero-order chi connectivity index (χ0) is 21.9. The summed E-state index contributed by atoms with van der Waals surface area (Å²) < 4.78 is 9.88. The second-order valence-corrected chi connectivity index (χ2v) is 6.87. The zero-order valence-electron chi connectivity index (χ0n) is 17.0. The topological polar surface area (TPSA) is 128 Å². The fraction of sp³-hybridized carbons (Fsp3) is 0.550. The first-order chi connectivity index (χ1) is 14.4. The van der Waals surface area contributed by atoms with Crippen molar-refractivity contribution in [2.45, 2.75) is 32.6 Å². The fourth-order valence-electron chi connectivity index (χ4n) is 3.24. The second-order valence-electron chi connectivity index (χ2n) is 6.87. The van der Waals surface area contributed by atoms with E-state index in [1.54, 1.807) is 25.1 Å². The Kier molecular flexibility index (Phi) is 9.04. The van der Waals surface area contributed by atoms with Crippen LogP contribution in [0.1, 0.15) is 32.6 Å². The largest absolute Gasteiger partial charge is 0.466 e. The van der Waals surface area contributed by atoms with E-state index in [9.17, 15) is 24.5 Å². The average molecular weight is 421 g/mol. The first kappa shape index (κ1) is 23.1. The van der Waals surface area contributed by atoms with Gasteiger partial charge in [-0.3, -0.25) is 24.5 Å². The first-order valence-corrected chi connectivity index (χ1v) is 9.99. The minimum atomic E-state index is -0.445. The molecule has 1 aromatic carbocycles. The van der Waals surface area contributed by atoms with Gasteiger partial charge in [0.05, 0.1) is 17.4 Å². The van der Waals surface area contributed by atoms with Gasteiger partial charge in [0, 0.05) is 32.1 Å². The highest BCUT2D eigenvalue weighted by molar-refractivity contribution is 5.81. The lowest BCUT2D eigenvalue weighted by molar-refractivity contribution is -0.384. The molecule has 1 saturated heterocycles. The standard InChI is InChI=1S/C20H27N3O7/c1-2-29-19(25)8-5-11-21-18(24)14-30-20(26)15-9-12-22(13-10-15)16-6-3-4-7-17(16)23(27)28/h3-4,6-7,15H,2,5,8-14H2,1H3,(H,21,24). The van der Waals surface area contributed by atoms with Gasteiger partial charge in [-0.1, -0.05) is 12.1 Å². The molecule has 0 unspecified atom stereocenters. The van der Waals surface area contributed by atoms with Crippen molar-refractivity contribution in [1.82, 2.24) is 5.32 Å². The zero-order valence-corrected chi connectivity index (χ0v) is 17.0. The molecule has 1 amide bonds. The fourth-order valence-corrected chi connectivity index (χ4v) is 3.24. The van der Waals surface area contributed by atoms with Crippen LogP contribution in [-0.4, -0.2) is 55.6 Å². The first-order valence-electron chi connectivity index (χ1n) is 9.99. The highest BCUT2D eigenvalue weighted by Crippen LogP contribution is 2.31. The van der Waals surface area contributed by atoms with Gasteiger partial charge >= 0.3 is 11.9 Å². The summed E-state index contributed by atoms with van der Waals surface area (Å²) in [7, 11) is 0. The summed E-state index contributed by atoms with van der Waals surface area (Å²) in [5.41, 5.74) is 0.578. The summed E-state index contributed by atoms with van der Waals surface area (Å²) in [4.78, 5) is 47.8. The molecule has 1 N–H and O–H groups in total. The van der Waals surface area contributed by atoms with E-state index >= 15 is 0 Å².